The first-order chi connectivity index (χ1) is 20.2. The van der Waals surface area contributed by atoms with E-state index in [9.17, 15) is 35.0 Å². The highest BCUT2D eigenvalue weighted by molar-refractivity contribution is 6.25. The Labute approximate surface area is 246 Å². The number of amides is 1. The van der Waals surface area contributed by atoms with Gasteiger partial charge in [-0.05, 0) is 62.8 Å². The number of aromatic hydroxyl groups is 1. The number of ether oxygens (including phenoxy) is 1. The zero-order valence-corrected chi connectivity index (χ0v) is 23.6. The second-order valence-corrected chi connectivity index (χ2v) is 11.3. The van der Waals surface area contributed by atoms with Gasteiger partial charge in [0.05, 0.1) is 41.4 Å². The number of aliphatic hydroxyl groups is 2. The van der Waals surface area contributed by atoms with Gasteiger partial charge in [0.1, 0.15) is 28.6 Å². The third-order valence-corrected chi connectivity index (χ3v) is 8.54. The fourth-order valence-electron chi connectivity index (χ4n) is 6.79. The van der Waals surface area contributed by atoms with Crippen molar-refractivity contribution in [3.05, 3.63) is 75.6 Å². The first kappa shape index (κ1) is 29.4. The van der Waals surface area contributed by atoms with Crippen LogP contribution in [0.5, 0.6) is 11.5 Å². The second kappa shape index (κ2) is 9.71. The number of phenolic OH excluding ortho intramolecular Hbond substituents is 1. The number of carbonyl (C=O) groups excluding carboxylic acids is 3. The Bertz CT molecular complexity index is 1810. The van der Waals surface area contributed by atoms with E-state index in [-0.39, 0.29) is 17.7 Å². The Hall–Kier alpha value is -5.14. The summed E-state index contributed by atoms with van der Waals surface area (Å²) in [6.45, 7) is 0. The molecule has 3 aliphatic rings. The van der Waals surface area contributed by atoms with Crippen molar-refractivity contribution in [3.63, 3.8) is 0 Å². The van der Waals surface area contributed by atoms with Crippen molar-refractivity contribution in [2.75, 3.05) is 21.2 Å². The van der Waals surface area contributed by atoms with E-state index >= 15 is 0 Å². The number of nitrogens with zero attached hydrogens (tertiary/aromatic N) is 2. The van der Waals surface area contributed by atoms with Crippen LogP contribution in [0.4, 0.5) is 0 Å². The summed E-state index contributed by atoms with van der Waals surface area (Å²) in [5.74, 6) is 0.756. The van der Waals surface area contributed by atoms with Gasteiger partial charge in [-0.3, -0.25) is 19.3 Å². The Morgan fingerprint density at radius 1 is 1.12 bits per heavy atom. The molecule has 0 unspecified atom stereocenters. The lowest BCUT2D eigenvalue weighted by Crippen LogP contribution is -2.80. The molecule has 0 saturated heterocycles. The van der Waals surface area contributed by atoms with E-state index in [1.807, 2.05) is 0 Å². The molecule has 0 spiro atoms. The van der Waals surface area contributed by atoms with Crippen LogP contribution in [0.2, 0.25) is 0 Å². The SMILES string of the molecule is COc1cccc(C#Cc2ccc(O)c3c2C[C@@]2(N)C[C@@]4(N)[C@H](N(C)C)C(=O)C(C(N)=O)=C(O)[C@@]4(C#N)C(=O)C2=C3O)c1. The molecule has 4 atom stereocenters. The van der Waals surface area contributed by atoms with Crippen LogP contribution >= 0.6 is 0 Å². The van der Waals surface area contributed by atoms with Gasteiger partial charge in [-0.25, -0.2) is 0 Å². The standard InChI is InChI=1S/C31H29N5O7/c1-36(2)25-24(39)21(28(33)42)26(40)30(14-32)27(41)22-23(38)20-18(12-29(22,34)13-31(25,30)35)16(9-10-19(20)37)8-7-15-5-4-6-17(11-15)43-3/h4-6,9-11,25,37-38,40H,12-13,34-35H2,1-3H3,(H2,33,42)/t25-,29-,30+,31-/m1/s1. The number of ketones is 2. The number of rotatable bonds is 3. The maximum atomic E-state index is 14.4. The number of fused-ring (bicyclic) bond motifs is 3. The highest BCUT2D eigenvalue weighted by atomic mass is 16.5. The number of Topliss-reactive ketones (excluding diaryl/α,β-unsaturated/α-hetero) is 2. The van der Waals surface area contributed by atoms with Gasteiger partial charge in [0.25, 0.3) is 5.91 Å². The number of nitrogens with two attached hydrogens (primary N) is 3. The van der Waals surface area contributed by atoms with Crippen LogP contribution < -0.4 is 21.9 Å². The molecule has 0 aliphatic heterocycles. The number of methoxy groups -OCH3 is 1. The molecule has 3 aliphatic carbocycles. The molecule has 0 bridgehead atoms. The lowest BCUT2D eigenvalue weighted by molar-refractivity contribution is -0.139. The summed E-state index contributed by atoms with van der Waals surface area (Å²) < 4.78 is 5.24. The number of benzene rings is 2. The quantitative estimate of drug-likeness (QED) is 0.213. The minimum Gasteiger partial charge on any atom is -0.509 e. The van der Waals surface area contributed by atoms with Crippen molar-refractivity contribution in [3.8, 4) is 29.4 Å². The van der Waals surface area contributed by atoms with Crippen molar-refractivity contribution < 1.29 is 34.4 Å². The summed E-state index contributed by atoms with van der Waals surface area (Å²) >= 11 is 0. The molecule has 2 aromatic carbocycles. The Morgan fingerprint density at radius 3 is 2.42 bits per heavy atom. The maximum absolute atomic E-state index is 14.4. The normalized spacial score (nSPS) is 27.9. The van der Waals surface area contributed by atoms with Crippen LogP contribution in [-0.4, -0.2) is 76.0 Å². The van der Waals surface area contributed by atoms with Crippen LogP contribution in [0, 0.1) is 28.6 Å². The average molecular weight is 584 g/mol. The van der Waals surface area contributed by atoms with Gasteiger partial charge in [0.15, 0.2) is 17.0 Å². The smallest absolute Gasteiger partial charge is 0.255 e. The highest BCUT2D eigenvalue weighted by Gasteiger charge is 2.74. The highest BCUT2D eigenvalue weighted by Crippen LogP contribution is 2.58. The third kappa shape index (κ3) is 3.85. The molecule has 5 rings (SSSR count). The molecule has 0 radical (unpaired) electrons. The maximum Gasteiger partial charge on any atom is 0.255 e. The number of likely N-dealkylation sites (N-methyl/N-ethyl adjacent to an activating group) is 1. The van der Waals surface area contributed by atoms with Gasteiger partial charge in [-0.15, -0.1) is 0 Å². The fraction of sp³-hybridized carbons (Fsp3) is 0.290. The molecule has 0 heterocycles. The lowest BCUT2D eigenvalue weighted by Gasteiger charge is -2.58. The van der Waals surface area contributed by atoms with E-state index in [1.54, 1.807) is 30.3 Å². The van der Waals surface area contributed by atoms with Crippen molar-refractivity contribution in [2.24, 2.45) is 22.6 Å². The van der Waals surface area contributed by atoms with Gasteiger partial charge >= 0.3 is 0 Å². The first-order valence-electron chi connectivity index (χ1n) is 13.1. The van der Waals surface area contributed by atoms with Crippen LogP contribution in [-0.2, 0) is 20.8 Å². The molecule has 2 aromatic rings. The molecule has 12 heteroatoms. The number of hydrogen-bond acceptors (Lipinski definition) is 11. The minimum absolute atomic E-state index is 0.130. The summed E-state index contributed by atoms with van der Waals surface area (Å²) in [5.41, 5.74) is 12.2. The summed E-state index contributed by atoms with van der Waals surface area (Å²) in [7, 11) is 4.44. The van der Waals surface area contributed by atoms with Gasteiger partial charge < -0.3 is 37.3 Å². The lowest BCUT2D eigenvalue weighted by atomic mass is 9.47. The minimum atomic E-state index is -2.72. The number of hydrogen-bond donors (Lipinski definition) is 6. The van der Waals surface area contributed by atoms with Crippen molar-refractivity contribution in [1.82, 2.24) is 4.90 Å². The summed E-state index contributed by atoms with van der Waals surface area (Å²) in [4.78, 5) is 41.5. The van der Waals surface area contributed by atoms with E-state index in [4.69, 9.17) is 21.9 Å². The molecule has 0 aromatic heterocycles. The number of phenols is 1. The molecule has 43 heavy (non-hydrogen) atoms. The average Bonchev–Trinajstić information content (AvgIpc) is 2.91. The summed E-state index contributed by atoms with van der Waals surface area (Å²) in [6, 6.07) is 10.1. The largest absolute Gasteiger partial charge is 0.509 e. The molecule has 1 fully saturated rings. The van der Waals surface area contributed by atoms with Crippen LogP contribution in [0.25, 0.3) is 5.76 Å². The molecular weight excluding hydrogens is 554 g/mol. The Balaban J connectivity index is 1.78. The van der Waals surface area contributed by atoms with Gasteiger partial charge in [-0.2, -0.15) is 5.26 Å². The van der Waals surface area contributed by atoms with E-state index in [1.165, 1.54) is 38.2 Å². The van der Waals surface area contributed by atoms with Crippen molar-refractivity contribution in [1.29, 1.82) is 5.26 Å². The molecular formula is C31H29N5O7. The fourth-order valence-corrected chi connectivity index (χ4v) is 6.79. The van der Waals surface area contributed by atoms with Crippen molar-refractivity contribution in [2.45, 2.75) is 30.0 Å². The third-order valence-electron chi connectivity index (χ3n) is 8.54. The van der Waals surface area contributed by atoms with Crippen LogP contribution in [0.15, 0.2) is 53.3 Å². The molecule has 1 saturated carbocycles. The Kier molecular flexibility index (Phi) is 6.63. The Morgan fingerprint density at radius 2 is 1.81 bits per heavy atom. The number of aliphatic hydroxyl groups excluding tert-OH is 2. The molecule has 9 N–H and O–H groups in total. The number of carbonyl (C=O) groups is 3. The zero-order chi connectivity index (χ0) is 31.6. The van der Waals surface area contributed by atoms with E-state index in [2.05, 4.69) is 11.8 Å². The van der Waals surface area contributed by atoms with Crippen LogP contribution in [0.1, 0.15) is 28.7 Å². The predicted octanol–water partition coefficient (Wildman–Crippen LogP) is 0.314. The molecule has 220 valence electrons. The summed E-state index contributed by atoms with van der Waals surface area (Å²) in [5, 5.41) is 44.1. The number of nitriles is 1. The zero-order valence-electron chi connectivity index (χ0n) is 23.6. The first-order valence-corrected chi connectivity index (χ1v) is 13.1. The summed E-state index contributed by atoms with van der Waals surface area (Å²) in [6.07, 6.45) is -0.660. The topological polar surface area (TPSA) is 226 Å². The monoisotopic (exact) mass is 583 g/mol. The van der Waals surface area contributed by atoms with E-state index < -0.39 is 69.1 Å². The van der Waals surface area contributed by atoms with Crippen molar-refractivity contribution >= 4 is 23.2 Å². The molecule has 12 nitrogen and oxygen atoms in total. The van der Waals surface area contributed by atoms with E-state index in [0.29, 0.717) is 22.4 Å². The van der Waals surface area contributed by atoms with E-state index in [0.717, 1.165) is 0 Å². The predicted molar refractivity (Wildman–Crippen MR) is 153 cm³/mol. The molecule has 1 amide bonds. The number of primary amides is 1. The van der Waals surface area contributed by atoms with Gasteiger partial charge in [0, 0.05) is 11.1 Å². The van der Waals surface area contributed by atoms with Gasteiger partial charge in [0.2, 0.25) is 0 Å². The van der Waals surface area contributed by atoms with Crippen LogP contribution in [0.3, 0.4) is 0 Å². The van der Waals surface area contributed by atoms with Gasteiger partial charge in [-0.1, -0.05) is 17.9 Å². The second-order valence-electron chi connectivity index (χ2n) is 11.3.